The fourth-order valence-corrected chi connectivity index (χ4v) is 1.19. The standard InChI is InChI=1S/C12H12.H2/c1-4-10-8-7-9-11(5-2)12(10)6-3;/h4-9H,1-3H2;1H. The zero-order chi connectivity index (χ0) is 8.97. The molecule has 0 atom stereocenters. The van der Waals surface area contributed by atoms with Crippen LogP contribution in [0.4, 0.5) is 0 Å². The minimum atomic E-state index is 0. The molecule has 0 spiro atoms. The van der Waals surface area contributed by atoms with Gasteiger partial charge in [-0.25, -0.2) is 0 Å². The molecule has 0 bridgehead atoms. The Bertz CT molecular complexity index is 298. The molecule has 1 aromatic carbocycles. The number of rotatable bonds is 3. The number of hydrogen-bond donors (Lipinski definition) is 0. The zero-order valence-electron chi connectivity index (χ0n) is 7.09. The molecule has 12 heavy (non-hydrogen) atoms. The van der Waals surface area contributed by atoms with Crippen LogP contribution in [0.25, 0.3) is 18.2 Å². The maximum Gasteiger partial charge on any atom is 0 e. The first-order valence-corrected chi connectivity index (χ1v) is 3.83. The van der Waals surface area contributed by atoms with Gasteiger partial charge in [0.2, 0.25) is 0 Å². The van der Waals surface area contributed by atoms with E-state index in [9.17, 15) is 0 Å². The average molecular weight is 158 g/mol. The number of hydrogen-bond acceptors (Lipinski definition) is 0. The summed E-state index contributed by atoms with van der Waals surface area (Å²) in [7, 11) is 0. The summed E-state index contributed by atoms with van der Waals surface area (Å²) < 4.78 is 0. The molecular weight excluding hydrogens is 144 g/mol. The van der Waals surface area contributed by atoms with Gasteiger partial charge in [-0.2, -0.15) is 0 Å². The predicted molar refractivity (Wildman–Crippen MR) is 58.8 cm³/mol. The van der Waals surface area contributed by atoms with Crippen molar-refractivity contribution < 1.29 is 1.43 Å². The van der Waals surface area contributed by atoms with Gasteiger partial charge in [-0.3, -0.25) is 0 Å². The fourth-order valence-electron chi connectivity index (χ4n) is 1.19. The molecule has 0 saturated carbocycles. The van der Waals surface area contributed by atoms with Crippen LogP contribution in [0, 0.1) is 0 Å². The third-order valence-electron chi connectivity index (χ3n) is 1.82. The van der Waals surface area contributed by atoms with Gasteiger partial charge in [-0.1, -0.05) is 56.2 Å². The minimum absolute atomic E-state index is 0. The summed E-state index contributed by atoms with van der Waals surface area (Å²) in [4.78, 5) is 0. The highest BCUT2D eigenvalue weighted by atomic mass is 14.0. The topological polar surface area (TPSA) is 0 Å². The molecule has 62 valence electrons. The molecule has 1 aromatic rings. The van der Waals surface area contributed by atoms with Crippen molar-refractivity contribution in [2.75, 3.05) is 0 Å². The molecular formula is C12H14. The van der Waals surface area contributed by atoms with Crippen molar-refractivity contribution in [1.82, 2.24) is 0 Å². The van der Waals surface area contributed by atoms with E-state index in [0.717, 1.165) is 16.7 Å². The van der Waals surface area contributed by atoms with Gasteiger partial charge < -0.3 is 0 Å². The molecule has 0 aromatic heterocycles. The lowest BCUT2D eigenvalue weighted by Crippen LogP contribution is -1.84. The monoisotopic (exact) mass is 158 g/mol. The van der Waals surface area contributed by atoms with Crippen molar-refractivity contribution in [3.8, 4) is 0 Å². The summed E-state index contributed by atoms with van der Waals surface area (Å²) in [6.45, 7) is 11.2. The Morgan fingerprint density at radius 3 is 1.75 bits per heavy atom. The second-order valence-corrected chi connectivity index (χ2v) is 2.46. The summed E-state index contributed by atoms with van der Waals surface area (Å²) in [6, 6.07) is 6.01. The average Bonchev–Trinajstić information content (AvgIpc) is 2.16. The van der Waals surface area contributed by atoms with Crippen LogP contribution in [-0.4, -0.2) is 0 Å². The Balaban J connectivity index is 0.00000144. The lowest BCUT2D eigenvalue weighted by atomic mass is 10.0. The molecule has 0 nitrogen and oxygen atoms in total. The van der Waals surface area contributed by atoms with E-state index in [-0.39, 0.29) is 1.43 Å². The summed E-state index contributed by atoms with van der Waals surface area (Å²) in [5.41, 5.74) is 3.30. The van der Waals surface area contributed by atoms with Gasteiger partial charge in [-0.15, -0.1) is 0 Å². The summed E-state index contributed by atoms with van der Waals surface area (Å²) in [5.74, 6) is 0. The van der Waals surface area contributed by atoms with Crippen molar-refractivity contribution in [2.24, 2.45) is 0 Å². The van der Waals surface area contributed by atoms with Gasteiger partial charge in [0, 0.05) is 1.43 Å². The Kier molecular flexibility index (Phi) is 2.65. The Labute approximate surface area is 75.0 Å². The van der Waals surface area contributed by atoms with Crippen molar-refractivity contribution in [2.45, 2.75) is 0 Å². The van der Waals surface area contributed by atoms with E-state index in [1.54, 1.807) is 0 Å². The molecule has 0 fully saturated rings. The predicted octanol–water partition coefficient (Wildman–Crippen LogP) is 3.86. The molecule has 0 saturated heterocycles. The number of benzene rings is 1. The SMILES string of the molecule is C=Cc1cccc(C=C)c1C=C.[HH]. The first-order valence-electron chi connectivity index (χ1n) is 3.83. The lowest BCUT2D eigenvalue weighted by molar-refractivity contribution is 1.58. The van der Waals surface area contributed by atoms with E-state index < -0.39 is 0 Å². The van der Waals surface area contributed by atoms with E-state index in [4.69, 9.17) is 0 Å². The van der Waals surface area contributed by atoms with Crippen LogP contribution < -0.4 is 0 Å². The molecule has 0 aliphatic heterocycles. The zero-order valence-corrected chi connectivity index (χ0v) is 7.09. The van der Waals surface area contributed by atoms with Gasteiger partial charge >= 0.3 is 0 Å². The highest BCUT2D eigenvalue weighted by Gasteiger charge is 1.97. The smallest absolute Gasteiger partial charge is 0 e. The maximum absolute atomic E-state index is 3.75. The fraction of sp³-hybridized carbons (Fsp3) is 0. The second-order valence-electron chi connectivity index (χ2n) is 2.46. The van der Waals surface area contributed by atoms with Crippen molar-refractivity contribution >= 4 is 18.2 Å². The maximum atomic E-state index is 3.75. The van der Waals surface area contributed by atoms with Crippen LogP contribution in [0.2, 0.25) is 0 Å². The first kappa shape index (κ1) is 8.54. The Morgan fingerprint density at radius 1 is 0.917 bits per heavy atom. The van der Waals surface area contributed by atoms with E-state index in [2.05, 4.69) is 19.7 Å². The summed E-state index contributed by atoms with van der Waals surface area (Å²) in [6.07, 6.45) is 5.47. The van der Waals surface area contributed by atoms with Gasteiger partial charge in [0.05, 0.1) is 0 Å². The normalized spacial score (nSPS) is 9.00. The molecule has 0 unspecified atom stereocenters. The van der Waals surface area contributed by atoms with Crippen LogP contribution in [-0.2, 0) is 0 Å². The quantitative estimate of drug-likeness (QED) is 0.626. The third kappa shape index (κ3) is 1.37. The molecule has 0 aliphatic carbocycles. The largest absolute Gasteiger partial charge is 0.0984 e. The lowest BCUT2D eigenvalue weighted by Gasteiger charge is -2.03. The molecule has 0 amide bonds. The highest BCUT2D eigenvalue weighted by Crippen LogP contribution is 2.17. The van der Waals surface area contributed by atoms with E-state index >= 15 is 0 Å². The van der Waals surface area contributed by atoms with Crippen molar-refractivity contribution in [1.29, 1.82) is 0 Å². The van der Waals surface area contributed by atoms with E-state index in [1.165, 1.54) is 0 Å². The minimum Gasteiger partial charge on any atom is -0.0984 e. The van der Waals surface area contributed by atoms with Crippen molar-refractivity contribution in [3.63, 3.8) is 0 Å². The van der Waals surface area contributed by atoms with E-state index in [0.29, 0.717) is 0 Å². The molecule has 0 radical (unpaired) electrons. The Hall–Kier alpha value is -1.56. The van der Waals surface area contributed by atoms with Crippen molar-refractivity contribution in [3.05, 3.63) is 54.6 Å². The van der Waals surface area contributed by atoms with Crippen LogP contribution >= 0.6 is 0 Å². The molecule has 0 heterocycles. The highest BCUT2D eigenvalue weighted by molar-refractivity contribution is 5.72. The Morgan fingerprint density at radius 2 is 1.42 bits per heavy atom. The van der Waals surface area contributed by atoms with Gasteiger partial charge in [-0.05, 0) is 16.7 Å². The van der Waals surface area contributed by atoms with Crippen LogP contribution in [0.15, 0.2) is 37.9 Å². The van der Waals surface area contributed by atoms with Gasteiger partial charge in [0.15, 0.2) is 0 Å². The molecule has 1 rings (SSSR count). The molecule has 0 N–H and O–H groups in total. The van der Waals surface area contributed by atoms with E-state index in [1.807, 2.05) is 36.4 Å². The van der Waals surface area contributed by atoms with Gasteiger partial charge in [0.1, 0.15) is 0 Å². The summed E-state index contributed by atoms with van der Waals surface area (Å²) in [5, 5.41) is 0. The second kappa shape index (κ2) is 3.72. The van der Waals surface area contributed by atoms with Crippen LogP contribution in [0.1, 0.15) is 18.1 Å². The van der Waals surface area contributed by atoms with Crippen LogP contribution in [0.5, 0.6) is 0 Å². The summed E-state index contributed by atoms with van der Waals surface area (Å²) >= 11 is 0. The molecule has 0 heteroatoms. The van der Waals surface area contributed by atoms with Crippen LogP contribution in [0.3, 0.4) is 0 Å². The third-order valence-corrected chi connectivity index (χ3v) is 1.82. The first-order chi connectivity index (χ1) is 5.83. The molecule has 0 aliphatic rings. The van der Waals surface area contributed by atoms with Gasteiger partial charge in [0.25, 0.3) is 0 Å².